The minimum Gasteiger partial charge on any atom is -0.375 e. The maximum absolute atomic E-state index is 13.7. The summed E-state index contributed by atoms with van der Waals surface area (Å²) >= 11 is 0. The van der Waals surface area contributed by atoms with Crippen LogP contribution < -0.4 is 10.2 Å². The Bertz CT molecular complexity index is 1300. The van der Waals surface area contributed by atoms with E-state index in [2.05, 4.69) is 33.4 Å². The smallest absolute Gasteiger partial charge is 0.123 e. The molecule has 1 saturated carbocycles. The molecule has 5 nitrogen and oxygen atoms in total. The van der Waals surface area contributed by atoms with Crippen molar-refractivity contribution in [2.24, 2.45) is 9.98 Å². The molecule has 6 heteroatoms. The van der Waals surface area contributed by atoms with Crippen LogP contribution in [-0.4, -0.2) is 28.5 Å². The van der Waals surface area contributed by atoms with Gasteiger partial charge in [0.1, 0.15) is 5.82 Å². The lowest BCUT2D eigenvalue weighted by atomic mass is 9.91. The molecule has 0 bridgehead atoms. The predicted octanol–water partition coefficient (Wildman–Crippen LogP) is 6.13. The number of allylic oxidation sites excluding steroid dienone is 1. The zero-order chi connectivity index (χ0) is 22.4. The Kier molecular flexibility index (Phi) is 4.79. The molecule has 3 aliphatic rings. The minimum absolute atomic E-state index is 0.0111. The molecule has 1 aromatic heterocycles. The summed E-state index contributed by atoms with van der Waals surface area (Å²) in [6.07, 6.45) is 8.83. The Labute approximate surface area is 192 Å². The molecule has 2 aliphatic carbocycles. The van der Waals surface area contributed by atoms with Crippen molar-refractivity contribution < 1.29 is 4.39 Å². The van der Waals surface area contributed by atoms with Gasteiger partial charge in [-0.25, -0.2) is 9.38 Å². The summed E-state index contributed by atoms with van der Waals surface area (Å²) in [5.74, 6) is -0.248. The largest absolute Gasteiger partial charge is 0.375 e. The van der Waals surface area contributed by atoms with E-state index in [0.29, 0.717) is 12.5 Å². The van der Waals surface area contributed by atoms with Gasteiger partial charge in [-0.15, -0.1) is 0 Å². The van der Waals surface area contributed by atoms with E-state index in [1.54, 1.807) is 0 Å². The molecule has 1 atom stereocenters. The summed E-state index contributed by atoms with van der Waals surface area (Å²) < 4.78 is 13.7. The monoisotopic (exact) mass is 437 g/mol. The molecule has 0 saturated heterocycles. The third-order valence-electron chi connectivity index (χ3n) is 6.13. The van der Waals surface area contributed by atoms with Gasteiger partial charge in [0.15, 0.2) is 0 Å². The molecule has 0 amide bonds. The second-order valence-corrected chi connectivity index (χ2v) is 8.83. The Morgan fingerprint density at radius 1 is 1.06 bits per heavy atom. The highest BCUT2D eigenvalue weighted by Gasteiger charge is 2.34. The molecule has 2 aromatic carbocycles. The molecule has 0 radical (unpaired) electrons. The minimum atomic E-state index is -0.248. The fourth-order valence-corrected chi connectivity index (χ4v) is 4.42. The van der Waals surface area contributed by atoms with Gasteiger partial charge >= 0.3 is 0 Å². The maximum Gasteiger partial charge on any atom is 0.123 e. The van der Waals surface area contributed by atoms with E-state index in [4.69, 9.17) is 9.98 Å². The van der Waals surface area contributed by atoms with Gasteiger partial charge in [0.05, 0.1) is 46.3 Å². The summed E-state index contributed by atoms with van der Waals surface area (Å²) in [5.41, 5.74) is 7.91. The topological polar surface area (TPSA) is 52.9 Å². The number of fused-ring (bicyclic) bond motifs is 2. The number of pyridine rings is 1. The number of nitrogens with zero attached hydrogens (tertiary/aromatic N) is 4. The van der Waals surface area contributed by atoms with Crippen LogP contribution in [0.25, 0.3) is 0 Å². The van der Waals surface area contributed by atoms with Crippen molar-refractivity contribution in [1.82, 2.24) is 4.98 Å². The lowest BCUT2D eigenvalue weighted by molar-refractivity contribution is 0.628. The number of aromatic nitrogens is 1. The highest BCUT2D eigenvalue weighted by atomic mass is 19.1. The van der Waals surface area contributed by atoms with E-state index in [1.807, 2.05) is 49.6 Å². The fourth-order valence-electron chi connectivity index (χ4n) is 4.42. The number of rotatable bonds is 4. The molecule has 1 fully saturated rings. The van der Waals surface area contributed by atoms with E-state index in [-0.39, 0.29) is 11.9 Å². The van der Waals surface area contributed by atoms with E-state index in [0.717, 1.165) is 58.3 Å². The molecular weight excluding hydrogens is 413 g/mol. The number of para-hydroxylation sites is 2. The van der Waals surface area contributed by atoms with Crippen molar-refractivity contribution in [3.8, 4) is 0 Å². The zero-order valence-corrected chi connectivity index (χ0v) is 18.4. The summed E-state index contributed by atoms with van der Waals surface area (Å²) in [7, 11) is 0. The quantitative estimate of drug-likeness (QED) is 0.535. The molecule has 3 aromatic rings. The first-order chi connectivity index (χ1) is 16.1. The van der Waals surface area contributed by atoms with E-state index in [9.17, 15) is 4.39 Å². The fraction of sp³-hybridized carbons (Fsp3) is 0.222. The van der Waals surface area contributed by atoms with Crippen LogP contribution in [0.4, 0.5) is 27.1 Å². The van der Waals surface area contributed by atoms with Gasteiger partial charge in [-0.2, -0.15) is 0 Å². The van der Waals surface area contributed by atoms with Gasteiger partial charge in [-0.3, -0.25) is 9.98 Å². The van der Waals surface area contributed by atoms with Crippen LogP contribution in [-0.2, 0) is 0 Å². The first-order valence-corrected chi connectivity index (χ1v) is 11.3. The first kappa shape index (κ1) is 19.9. The molecule has 6 rings (SSSR count). The van der Waals surface area contributed by atoms with E-state index in [1.165, 1.54) is 12.1 Å². The van der Waals surface area contributed by atoms with Gasteiger partial charge in [-0.05, 0) is 73.9 Å². The Hall–Kier alpha value is -3.80. The van der Waals surface area contributed by atoms with Crippen LogP contribution in [0.2, 0.25) is 0 Å². The Morgan fingerprint density at radius 2 is 1.88 bits per heavy atom. The average Bonchev–Trinajstić information content (AvgIpc) is 3.63. The van der Waals surface area contributed by atoms with Gasteiger partial charge in [0.25, 0.3) is 0 Å². The third-order valence-corrected chi connectivity index (χ3v) is 6.13. The molecule has 1 N–H and O–H groups in total. The number of aryl methyl sites for hydroxylation is 1. The van der Waals surface area contributed by atoms with Crippen LogP contribution >= 0.6 is 0 Å². The number of aliphatic imine (C=N–C) groups is 2. The van der Waals surface area contributed by atoms with Crippen LogP contribution in [0.1, 0.15) is 24.8 Å². The number of anilines is 3. The van der Waals surface area contributed by atoms with E-state index >= 15 is 0 Å². The lowest BCUT2D eigenvalue weighted by Crippen LogP contribution is -2.40. The Morgan fingerprint density at radius 3 is 2.67 bits per heavy atom. The molecule has 1 aliphatic heterocycles. The summed E-state index contributed by atoms with van der Waals surface area (Å²) in [5, 5.41) is 3.64. The highest BCUT2D eigenvalue weighted by molar-refractivity contribution is 6.20. The summed E-state index contributed by atoms with van der Waals surface area (Å²) in [4.78, 5) is 16.6. The van der Waals surface area contributed by atoms with Crippen LogP contribution in [0.3, 0.4) is 0 Å². The van der Waals surface area contributed by atoms with Gasteiger partial charge in [0, 0.05) is 24.5 Å². The zero-order valence-electron chi connectivity index (χ0n) is 18.4. The molecule has 1 unspecified atom stereocenters. The normalized spacial score (nSPS) is 20.6. The molecule has 0 spiro atoms. The van der Waals surface area contributed by atoms with Crippen LogP contribution in [0.5, 0.6) is 0 Å². The SMILES string of the molecule is Cc1cncc(NC2CC3=Nc4ccccc4N(c4ccc(F)cc4)C3=C/C2=N\C2CC2)c1. The van der Waals surface area contributed by atoms with Crippen molar-refractivity contribution in [3.05, 3.63) is 90.1 Å². The van der Waals surface area contributed by atoms with E-state index < -0.39 is 0 Å². The second-order valence-electron chi connectivity index (χ2n) is 8.83. The first-order valence-electron chi connectivity index (χ1n) is 11.3. The summed E-state index contributed by atoms with van der Waals surface area (Å²) in [6, 6.07) is 17.2. The number of hydrogen-bond donors (Lipinski definition) is 1. The molecule has 2 heterocycles. The molecule has 33 heavy (non-hydrogen) atoms. The standard InChI is InChI=1S/C27H24FN5/c1-17-12-20(16-29-15-17)31-23-13-25-27(14-24(23)30-19-8-9-19)33(21-10-6-18(28)7-11-21)26-5-3-2-4-22(26)32-25/h2-7,10-12,14-16,19,23,31H,8-9,13H2,1H3/b30-24+. The summed E-state index contributed by atoms with van der Waals surface area (Å²) in [6.45, 7) is 2.04. The van der Waals surface area contributed by atoms with Crippen molar-refractivity contribution in [1.29, 1.82) is 0 Å². The highest BCUT2D eigenvalue weighted by Crippen LogP contribution is 2.43. The van der Waals surface area contributed by atoms with Crippen molar-refractivity contribution in [2.45, 2.75) is 38.3 Å². The van der Waals surface area contributed by atoms with Crippen molar-refractivity contribution in [3.63, 3.8) is 0 Å². The third kappa shape index (κ3) is 3.93. The average molecular weight is 438 g/mol. The van der Waals surface area contributed by atoms with Crippen LogP contribution in [0.15, 0.2) is 88.7 Å². The maximum atomic E-state index is 13.7. The molecule has 164 valence electrons. The number of halogens is 1. The van der Waals surface area contributed by atoms with Crippen molar-refractivity contribution in [2.75, 3.05) is 10.2 Å². The lowest BCUT2D eigenvalue weighted by Gasteiger charge is -2.37. The van der Waals surface area contributed by atoms with Crippen molar-refractivity contribution >= 4 is 34.2 Å². The number of nitrogens with one attached hydrogen (secondary N) is 1. The molecular formula is C27H24FN5. The number of benzene rings is 2. The Balaban J connectivity index is 1.46. The van der Waals surface area contributed by atoms with Gasteiger partial charge in [0.2, 0.25) is 0 Å². The number of hydrogen-bond acceptors (Lipinski definition) is 5. The van der Waals surface area contributed by atoms with Crippen LogP contribution in [0, 0.1) is 12.7 Å². The van der Waals surface area contributed by atoms with Gasteiger partial charge in [-0.1, -0.05) is 12.1 Å². The van der Waals surface area contributed by atoms with Gasteiger partial charge < -0.3 is 10.2 Å². The second kappa shape index (κ2) is 7.96. The predicted molar refractivity (Wildman–Crippen MR) is 132 cm³/mol.